The van der Waals surface area contributed by atoms with Crippen molar-refractivity contribution in [3.63, 3.8) is 0 Å². The topological polar surface area (TPSA) is 38.8 Å². The number of nitrogens with zero attached hydrogens (tertiary/aromatic N) is 1. The Kier molecular flexibility index (Phi) is 5.69. The number of carbonyl (C=O) groups excluding carboxylic acids is 1. The normalized spacial score (nSPS) is 18.8. The van der Waals surface area contributed by atoms with E-state index in [1.165, 1.54) is 5.56 Å². The standard InChI is InChI=1S/C24H23NO3/c26-24(28-17-20-12-6-2-7-13-20)25-22(16-19-10-4-1-5-11-19)18-27-23(25)21-14-8-3-9-15-21/h1-15,22-23H,16-18H2/t22-,23?/m0/s1. The van der Waals surface area contributed by atoms with E-state index in [-0.39, 0.29) is 18.7 Å². The summed E-state index contributed by atoms with van der Waals surface area (Å²) in [6.45, 7) is 0.727. The lowest BCUT2D eigenvalue weighted by molar-refractivity contribution is 0.0175. The minimum atomic E-state index is -0.432. The summed E-state index contributed by atoms with van der Waals surface area (Å²) in [5, 5.41) is 0. The van der Waals surface area contributed by atoms with Gasteiger partial charge in [-0.25, -0.2) is 4.79 Å². The molecule has 1 saturated heterocycles. The zero-order valence-corrected chi connectivity index (χ0v) is 15.6. The number of amides is 1. The Hall–Kier alpha value is -3.11. The summed E-state index contributed by atoms with van der Waals surface area (Å²) in [5.74, 6) is 0. The number of ether oxygens (including phenoxy) is 2. The molecule has 4 rings (SSSR count). The first-order valence-corrected chi connectivity index (χ1v) is 9.51. The van der Waals surface area contributed by atoms with Gasteiger partial charge in [-0.15, -0.1) is 0 Å². The van der Waals surface area contributed by atoms with Gasteiger partial charge in [0.15, 0.2) is 6.23 Å². The van der Waals surface area contributed by atoms with Crippen LogP contribution in [0.3, 0.4) is 0 Å². The zero-order chi connectivity index (χ0) is 19.2. The van der Waals surface area contributed by atoms with Gasteiger partial charge in [-0.3, -0.25) is 4.90 Å². The summed E-state index contributed by atoms with van der Waals surface area (Å²) in [6, 6.07) is 29.6. The molecule has 2 atom stereocenters. The van der Waals surface area contributed by atoms with Gasteiger partial charge in [0.1, 0.15) is 6.61 Å². The first-order chi connectivity index (χ1) is 13.8. The van der Waals surface area contributed by atoms with Gasteiger partial charge in [0.25, 0.3) is 0 Å². The third-order valence-corrected chi connectivity index (χ3v) is 4.91. The Morgan fingerprint density at radius 1 is 0.857 bits per heavy atom. The maximum Gasteiger partial charge on any atom is 0.412 e. The van der Waals surface area contributed by atoms with Crippen LogP contribution in [-0.2, 0) is 22.5 Å². The van der Waals surface area contributed by atoms with E-state index in [0.717, 1.165) is 17.5 Å². The minimum Gasteiger partial charge on any atom is -0.444 e. The molecule has 0 aliphatic carbocycles. The minimum absolute atomic E-state index is 0.0733. The smallest absolute Gasteiger partial charge is 0.412 e. The molecular weight excluding hydrogens is 350 g/mol. The van der Waals surface area contributed by atoms with Crippen LogP contribution in [-0.4, -0.2) is 23.6 Å². The van der Waals surface area contributed by atoms with E-state index in [4.69, 9.17) is 9.47 Å². The fourth-order valence-corrected chi connectivity index (χ4v) is 3.51. The summed E-state index contributed by atoms with van der Waals surface area (Å²) in [5.41, 5.74) is 3.09. The third kappa shape index (κ3) is 4.24. The largest absolute Gasteiger partial charge is 0.444 e. The van der Waals surface area contributed by atoms with Crippen molar-refractivity contribution in [1.29, 1.82) is 0 Å². The summed E-state index contributed by atoms with van der Waals surface area (Å²) in [6.07, 6.45) is -0.0562. The van der Waals surface area contributed by atoms with Crippen LogP contribution in [0, 0.1) is 0 Å². The van der Waals surface area contributed by atoms with Gasteiger partial charge >= 0.3 is 6.09 Å². The fourth-order valence-electron chi connectivity index (χ4n) is 3.51. The molecule has 1 heterocycles. The average molecular weight is 373 g/mol. The van der Waals surface area contributed by atoms with E-state index >= 15 is 0 Å². The van der Waals surface area contributed by atoms with Gasteiger partial charge in [0.05, 0.1) is 12.6 Å². The van der Waals surface area contributed by atoms with Crippen molar-refractivity contribution in [2.45, 2.75) is 25.3 Å². The lowest BCUT2D eigenvalue weighted by Crippen LogP contribution is -2.39. The molecule has 142 valence electrons. The van der Waals surface area contributed by atoms with E-state index in [0.29, 0.717) is 6.61 Å². The van der Waals surface area contributed by atoms with E-state index < -0.39 is 6.23 Å². The Labute approximate surface area is 165 Å². The predicted molar refractivity (Wildman–Crippen MR) is 108 cm³/mol. The molecule has 0 radical (unpaired) electrons. The summed E-state index contributed by atoms with van der Waals surface area (Å²) < 4.78 is 11.7. The van der Waals surface area contributed by atoms with E-state index in [2.05, 4.69) is 12.1 Å². The maximum atomic E-state index is 13.0. The van der Waals surface area contributed by atoms with E-state index in [1.807, 2.05) is 78.9 Å². The predicted octanol–water partition coefficient (Wildman–Crippen LogP) is 4.97. The van der Waals surface area contributed by atoms with Crippen LogP contribution in [0.25, 0.3) is 0 Å². The molecule has 1 fully saturated rings. The van der Waals surface area contributed by atoms with Crippen LogP contribution in [0.1, 0.15) is 22.9 Å². The molecule has 0 aromatic heterocycles. The molecule has 4 heteroatoms. The highest BCUT2D eigenvalue weighted by Gasteiger charge is 2.39. The highest BCUT2D eigenvalue weighted by atomic mass is 16.6. The van der Waals surface area contributed by atoms with Crippen LogP contribution in [0.4, 0.5) is 4.79 Å². The van der Waals surface area contributed by atoms with Crippen molar-refractivity contribution < 1.29 is 14.3 Å². The maximum absolute atomic E-state index is 13.0. The number of hydrogen-bond acceptors (Lipinski definition) is 3. The molecule has 0 bridgehead atoms. The molecule has 1 amide bonds. The Balaban J connectivity index is 1.53. The van der Waals surface area contributed by atoms with Crippen molar-refractivity contribution in [2.75, 3.05) is 6.61 Å². The van der Waals surface area contributed by atoms with Crippen molar-refractivity contribution in [3.05, 3.63) is 108 Å². The molecule has 28 heavy (non-hydrogen) atoms. The molecule has 0 saturated carbocycles. The van der Waals surface area contributed by atoms with Gasteiger partial charge < -0.3 is 9.47 Å². The molecular formula is C24H23NO3. The third-order valence-electron chi connectivity index (χ3n) is 4.91. The number of carbonyl (C=O) groups is 1. The molecule has 1 aliphatic rings. The molecule has 0 N–H and O–H groups in total. The lowest BCUT2D eigenvalue weighted by Gasteiger charge is -2.28. The summed E-state index contributed by atoms with van der Waals surface area (Å²) in [7, 11) is 0. The number of benzene rings is 3. The highest BCUT2D eigenvalue weighted by molar-refractivity contribution is 5.69. The van der Waals surface area contributed by atoms with E-state index in [1.54, 1.807) is 4.90 Å². The van der Waals surface area contributed by atoms with Gasteiger partial charge in [0.2, 0.25) is 0 Å². The van der Waals surface area contributed by atoms with E-state index in [9.17, 15) is 4.79 Å². The van der Waals surface area contributed by atoms with Gasteiger partial charge in [-0.2, -0.15) is 0 Å². The Morgan fingerprint density at radius 2 is 1.43 bits per heavy atom. The van der Waals surface area contributed by atoms with Crippen molar-refractivity contribution in [2.24, 2.45) is 0 Å². The zero-order valence-electron chi connectivity index (χ0n) is 15.6. The lowest BCUT2D eigenvalue weighted by atomic mass is 10.1. The van der Waals surface area contributed by atoms with Gasteiger partial charge in [-0.1, -0.05) is 91.0 Å². The highest BCUT2D eigenvalue weighted by Crippen LogP contribution is 2.33. The van der Waals surface area contributed by atoms with Crippen LogP contribution in [0.2, 0.25) is 0 Å². The molecule has 3 aromatic rings. The van der Waals surface area contributed by atoms with Crippen molar-refractivity contribution in [3.8, 4) is 0 Å². The summed E-state index contributed by atoms with van der Waals surface area (Å²) in [4.78, 5) is 14.8. The van der Waals surface area contributed by atoms with Crippen LogP contribution in [0.5, 0.6) is 0 Å². The molecule has 1 aliphatic heterocycles. The molecule has 0 spiro atoms. The second-order valence-corrected chi connectivity index (χ2v) is 6.89. The van der Waals surface area contributed by atoms with Crippen LogP contribution >= 0.6 is 0 Å². The van der Waals surface area contributed by atoms with Gasteiger partial charge in [0, 0.05) is 5.56 Å². The molecule has 3 aromatic carbocycles. The van der Waals surface area contributed by atoms with Crippen LogP contribution < -0.4 is 0 Å². The second kappa shape index (κ2) is 8.72. The number of hydrogen-bond donors (Lipinski definition) is 0. The average Bonchev–Trinajstić information content (AvgIpc) is 3.18. The SMILES string of the molecule is O=C(OCc1ccccc1)N1C(c2ccccc2)OC[C@@H]1Cc1ccccc1. The van der Waals surface area contributed by atoms with Gasteiger partial charge in [-0.05, 0) is 17.5 Å². The fraction of sp³-hybridized carbons (Fsp3) is 0.208. The molecule has 4 nitrogen and oxygen atoms in total. The number of rotatable bonds is 5. The second-order valence-electron chi connectivity index (χ2n) is 6.89. The van der Waals surface area contributed by atoms with Crippen molar-refractivity contribution in [1.82, 2.24) is 4.90 Å². The first kappa shape index (κ1) is 18.3. The first-order valence-electron chi connectivity index (χ1n) is 9.51. The Bertz CT molecular complexity index is 883. The monoisotopic (exact) mass is 373 g/mol. The molecule has 1 unspecified atom stereocenters. The van der Waals surface area contributed by atoms with Crippen molar-refractivity contribution >= 4 is 6.09 Å². The Morgan fingerprint density at radius 3 is 2.07 bits per heavy atom. The van der Waals surface area contributed by atoms with Crippen LogP contribution in [0.15, 0.2) is 91.0 Å². The summed E-state index contributed by atoms with van der Waals surface area (Å²) >= 11 is 0. The quantitative estimate of drug-likeness (QED) is 0.634.